The Labute approximate surface area is 151 Å². The normalized spacial score (nSPS) is 22.1. The van der Waals surface area contributed by atoms with Gasteiger partial charge in [0.25, 0.3) is 6.02 Å². The molecule has 9 heteroatoms. The third kappa shape index (κ3) is 3.62. The lowest BCUT2D eigenvalue weighted by molar-refractivity contribution is 0.0921. The Hall–Kier alpha value is -2.97. The minimum absolute atomic E-state index is 0.112. The fourth-order valence-corrected chi connectivity index (χ4v) is 2.84. The van der Waals surface area contributed by atoms with Gasteiger partial charge in [0.15, 0.2) is 17.8 Å². The highest BCUT2D eigenvalue weighted by Gasteiger charge is 2.42. The highest BCUT2D eigenvalue weighted by atomic mass is 19.1. The van der Waals surface area contributed by atoms with Gasteiger partial charge in [0.05, 0.1) is 6.20 Å². The van der Waals surface area contributed by atoms with E-state index in [1.807, 2.05) is 0 Å². The van der Waals surface area contributed by atoms with E-state index >= 15 is 0 Å². The Bertz CT molecular complexity index is 935. The highest BCUT2D eigenvalue weighted by Crippen LogP contribution is 2.36. The number of hydrogen-bond acceptors (Lipinski definition) is 5. The Morgan fingerprint density at radius 3 is 2.74 bits per heavy atom. The minimum Gasteiger partial charge on any atom is -0.462 e. The summed E-state index contributed by atoms with van der Waals surface area (Å²) in [7, 11) is 0. The molecular formula is C18H15F4N3O2. The molecule has 27 heavy (non-hydrogen) atoms. The number of aliphatic imine (C=N–C) groups is 1. The number of Topliss-reactive ketones (excluding diaryl/α,β-unsaturated/α-hetero) is 1. The van der Waals surface area contributed by atoms with Crippen LogP contribution >= 0.6 is 0 Å². The molecule has 2 atom stereocenters. The van der Waals surface area contributed by atoms with Crippen LogP contribution in [0, 0.1) is 17.5 Å². The number of alkyl halides is 1. The molecule has 1 aliphatic rings. The fraction of sp³-hybridized carbons (Fsp3) is 0.278. The minimum atomic E-state index is -1.67. The number of amidine groups is 1. The first-order valence-corrected chi connectivity index (χ1v) is 7.96. The fourth-order valence-electron chi connectivity index (χ4n) is 2.84. The Balaban J connectivity index is 1.94. The number of halogens is 4. The first kappa shape index (κ1) is 18.8. The van der Waals surface area contributed by atoms with Gasteiger partial charge >= 0.3 is 0 Å². The number of aromatic nitrogens is 1. The van der Waals surface area contributed by atoms with Crippen molar-refractivity contribution >= 4 is 11.8 Å². The van der Waals surface area contributed by atoms with Crippen molar-refractivity contribution in [3.8, 4) is 0 Å². The first-order chi connectivity index (χ1) is 12.7. The van der Waals surface area contributed by atoms with Crippen LogP contribution in [-0.2, 0) is 16.7 Å². The number of ether oxygens (including phenoxy) is 1. The predicted octanol–water partition coefficient (Wildman–Crippen LogP) is 2.82. The monoisotopic (exact) mass is 381 g/mol. The molecule has 0 radical (unpaired) electrons. The second-order valence-electron chi connectivity index (χ2n) is 6.27. The molecule has 0 spiro atoms. The molecule has 142 valence electrons. The Morgan fingerprint density at radius 2 is 2.04 bits per heavy atom. The van der Waals surface area contributed by atoms with Crippen LogP contribution in [0.2, 0.25) is 0 Å². The summed E-state index contributed by atoms with van der Waals surface area (Å²) in [4.78, 5) is 19.6. The van der Waals surface area contributed by atoms with E-state index in [1.165, 1.54) is 19.1 Å². The van der Waals surface area contributed by atoms with Crippen molar-refractivity contribution in [2.45, 2.75) is 25.1 Å². The van der Waals surface area contributed by atoms with E-state index in [4.69, 9.17) is 10.5 Å². The molecule has 0 bridgehead atoms. The Kier molecular flexibility index (Phi) is 4.86. The molecule has 1 aliphatic heterocycles. The van der Waals surface area contributed by atoms with E-state index in [0.717, 1.165) is 12.3 Å². The van der Waals surface area contributed by atoms with Crippen molar-refractivity contribution in [2.24, 2.45) is 10.7 Å². The van der Waals surface area contributed by atoms with Gasteiger partial charge in [-0.3, -0.25) is 4.79 Å². The molecule has 0 saturated carbocycles. The van der Waals surface area contributed by atoms with E-state index in [-0.39, 0.29) is 30.2 Å². The molecule has 5 nitrogen and oxygen atoms in total. The second kappa shape index (κ2) is 6.98. The topological polar surface area (TPSA) is 77.6 Å². The van der Waals surface area contributed by atoms with E-state index in [9.17, 15) is 22.4 Å². The van der Waals surface area contributed by atoms with Crippen LogP contribution in [0.3, 0.4) is 0 Å². The number of rotatable bonds is 4. The van der Waals surface area contributed by atoms with Gasteiger partial charge in [0.2, 0.25) is 0 Å². The second-order valence-corrected chi connectivity index (χ2v) is 6.27. The van der Waals surface area contributed by atoms with Gasteiger partial charge in [-0.2, -0.15) is 0 Å². The number of nitrogens with two attached hydrogens (primary N) is 1. The maximum atomic E-state index is 14.4. The molecule has 0 amide bonds. The number of carbonyl (C=O) groups excluding carboxylic acids is 1. The summed E-state index contributed by atoms with van der Waals surface area (Å²) in [6.45, 7) is 0.970. The number of carbonyl (C=O) groups is 1. The number of benzene rings is 1. The average molecular weight is 381 g/mol. The number of hydrogen-bond donors (Lipinski definition) is 1. The van der Waals surface area contributed by atoms with E-state index < -0.39 is 40.6 Å². The smallest absolute Gasteiger partial charge is 0.283 e. The molecular weight excluding hydrogens is 366 g/mol. The maximum absolute atomic E-state index is 14.4. The molecule has 2 N–H and O–H groups in total. The predicted molar refractivity (Wildman–Crippen MR) is 88.4 cm³/mol. The molecule has 0 fully saturated rings. The average Bonchev–Trinajstić information content (AvgIpc) is 2.60. The summed E-state index contributed by atoms with van der Waals surface area (Å²) in [5.41, 5.74) is 3.49. The van der Waals surface area contributed by atoms with Crippen LogP contribution in [-0.4, -0.2) is 29.6 Å². The van der Waals surface area contributed by atoms with Gasteiger partial charge in [-0.15, -0.1) is 0 Å². The number of ketones is 1. The molecule has 0 saturated heterocycles. The van der Waals surface area contributed by atoms with E-state index in [0.29, 0.717) is 6.07 Å². The number of pyridine rings is 1. The zero-order valence-electron chi connectivity index (χ0n) is 14.2. The van der Waals surface area contributed by atoms with Gasteiger partial charge in [0.1, 0.15) is 29.5 Å². The lowest BCUT2D eigenvalue weighted by Gasteiger charge is -2.33. The van der Waals surface area contributed by atoms with Crippen LogP contribution in [0.25, 0.3) is 0 Å². The van der Waals surface area contributed by atoms with Gasteiger partial charge in [-0.05, 0) is 24.6 Å². The summed E-state index contributed by atoms with van der Waals surface area (Å²) < 4.78 is 60.2. The third-order valence-corrected chi connectivity index (χ3v) is 4.34. The van der Waals surface area contributed by atoms with Gasteiger partial charge in [-0.25, -0.2) is 27.5 Å². The van der Waals surface area contributed by atoms with Crippen LogP contribution in [0.15, 0.2) is 35.5 Å². The van der Waals surface area contributed by atoms with Crippen molar-refractivity contribution in [1.82, 2.24) is 4.98 Å². The van der Waals surface area contributed by atoms with Crippen molar-refractivity contribution in [2.75, 3.05) is 6.61 Å². The van der Waals surface area contributed by atoms with Crippen LogP contribution in [0.4, 0.5) is 17.6 Å². The van der Waals surface area contributed by atoms with Crippen molar-refractivity contribution in [3.63, 3.8) is 0 Å². The number of nitrogens with zero attached hydrogens (tertiary/aromatic N) is 2. The van der Waals surface area contributed by atoms with Crippen LogP contribution < -0.4 is 5.73 Å². The molecule has 1 aromatic carbocycles. The summed E-state index contributed by atoms with van der Waals surface area (Å²) >= 11 is 0. The summed E-state index contributed by atoms with van der Waals surface area (Å²) in [6.07, 6.45) is -1.28. The molecule has 3 rings (SSSR count). The van der Waals surface area contributed by atoms with E-state index in [1.54, 1.807) is 0 Å². The maximum Gasteiger partial charge on any atom is 0.283 e. The van der Waals surface area contributed by atoms with Gasteiger partial charge in [-0.1, -0.05) is 6.07 Å². The van der Waals surface area contributed by atoms with Gasteiger partial charge in [0, 0.05) is 18.1 Å². The van der Waals surface area contributed by atoms with Crippen molar-refractivity contribution in [3.05, 3.63) is 64.7 Å². The molecule has 0 unspecified atom stereocenters. The standard InChI is InChI=1S/C18H15F4N3O2/c1-18(15(22)8-27-17(23)25-18)11-4-9(2-3-12(11)20)5-14(26)16-13(21)6-10(19)7-24-16/h2-4,6-7,15H,5,8H2,1H3,(H2,23,25)/t15-,18+/m0/s1. The Morgan fingerprint density at radius 1 is 1.30 bits per heavy atom. The quantitative estimate of drug-likeness (QED) is 0.653. The SMILES string of the molecule is C[C@]1(c2cc(CC(=O)c3ncc(F)cc3F)ccc2F)N=C(N)OC[C@@H]1F. The van der Waals surface area contributed by atoms with Crippen LogP contribution in [0.1, 0.15) is 28.5 Å². The summed E-state index contributed by atoms with van der Waals surface area (Å²) in [5.74, 6) is -3.48. The van der Waals surface area contributed by atoms with Crippen LogP contribution in [0.5, 0.6) is 0 Å². The third-order valence-electron chi connectivity index (χ3n) is 4.34. The summed E-state index contributed by atoms with van der Waals surface area (Å²) in [5, 5.41) is 0. The highest BCUT2D eigenvalue weighted by molar-refractivity contribution is 5.96. The zero-order chi connectivity index (χ0) is 19.8. The largest absolute Gasteiger partial charge is 0.462 e. The zero-order valence-corrected chi connectivity index (χ0v) is 14.2. The van der Waals surface area contributed by atoms with E-state index in [2.05, 4.69) is 9.98 Å². The lowest BCUT2D eigenvalue weighted by Crippen LogP contribution is -2.43. The van der Waals surface area contributed by atoms with Crippen molar-refractivity contribution in [1.29, 1.82) is 0 Å². The molecule has 1 aromatic heterocycles. The molecule has 2 heterocycles. The summed E-state index contributed by atoms with van der Waals surface area (Å²) in [6, 6.07) is 3.91. The molecule has 0 aliphatic carbocycles. The lowest BCUT2D eigenvalue weighted by atomic mass is 9.85. The molecule has 2 aromatic rings. The van der Waals surface area contributed by atoms with Crippen molar-refractivity contribution < 1.29 is 27.1 Å². The first-order valence-electron chi connectivity index (χ1n) is 7.96. The van der Waals surface area contributed by atoms with Gasteiger partial charge < -0.3 is 10.5 Å².